The Morgan fingerprint density at radius 2 is 1.32 bits per heavy atom. The number of hydrogen-bond acceptors (Lipinski definition) is 3. The molecule has 0 radical (unpaired) electrons. The first-order valence-corrected chi connectivity index (χ1v) is 16.8. The standard InChI is InChI=1S/C44H43N3/c1-4-5-8-17-34(3)41-45-42(37-20-9-6-10-21-37)47-43(46-41)38-25-29-40(30-26-38)44(31-13-7-14-32-44)39-27-23-35(24-28-39)18-15-22-36-19-12-11-16-33(36)2/h5-6,8-12,15-30H,2,4,7,13-14,31-32H2,1,3H3/b8-5-,18-15+,34-17+,36-22-. The minimum absolute atomic E-state index is 0.00235. The Kier molecular flexibility index (Phi) is 10.1. The van der Waals surface area contributed by atoms with Crippen molar-refractivity contribution in [1.29, 1.82) is 0 Å². The molecule has 0 N–H and O–H groups in total. The largest absolute Gasteiger partial charge is 0.209 e. The normalized spacial score (nSPS) is 15.4. The van der Waals surface area contributed by atoms with E-state index in [0.29, 0.717) is 17.5 Å². The van der Waals surface area contributed by atoms with E-state index in [9.17, 15) is 0 Å². The fraction of sp³-hybridized carbons (Fsp3) is 0.205. The van der Waals surface area contributed by atoms with Gasteiger partial charge in [0.05, 0.1) is 0 Å². The summed E-state index contributed by atoms with van der Waals surface area (Å²) in [6.45, 7) is 8.32. The van der Waals surface area contributed by atoms with E-state index in [1.165, 1.54) is 36.0 Å². The Morgan fingerprint density at radius 1 is 0.702 bits per heavy atom. The molecular weight excluding hydrogens is 571 g/mol. The summed E-state index contributed by atoms with van der Waals surface area (Å²) in [5, 5.41) is 2.18. The van der Waals surface area contributed by atoms with Crippen molar-refractivity contribution in [2.45, 2.75) is 57.8 Å². The molecule has 47 heavy (non-hydrogen) atoms. The van der Waals surface area contributed by atoms with Crippen molar-refractivity contribution in [3.8, 4) is 22.8 Å². The minimum atomic E-state index is 0.00235. The maximum Gasteiger partial charge on any atom is 0.164 e. The summed E-state index contributed by atoms with van der Waals surface area (Å²) in [6.07, 6.45) is 19.7. The van der Waals surface area contributed by atoms with Gasteiger partial charge in [-0.1, -0.05) is 172 Å². The van der Waals surface area contributed by atoms with Crippen LogP contribution in [0.5, 0.6) is 0 Å². The summed E-state index contributed by atoms with van der Waals surface area (Å²) in [4.78, 5) is 14.8. The van der Waals surface area contributed by atoms with E-state index in [1.54, 1.807) is 0 Å². The predicted octanol–water partition coefficient (Wildman–Crippen LogP) is 9.73. The monoisotopic (exact) mass is 613 g/mol. The lowest BCUT2D eigenvalue weighted by Crippen LogP contribution is -2.30. The molecular formula is C44H43N3. The van der Waals surface area contributed by atoms with E-state index < -0.39 is 0 Å². The molecule has 0 aliphatic heterocycles. The average molecular weight is 614 g/mol. The molecule has 0 bridgehead atoms. The molecule has 3 nitrogen and oxygen atoms in total. The second kappa shape index (κ2) is 15.0. The third kappa shape index (κ3) is 7.47. The second-order valence-corrected chi connectivity index (χ2v) is 12.4. The molecule has 3 heteroatoms. The Labute approximate surface area is 279 Å². The van der Waals surface area contributed by atoms with Crippen molar-refractivity contribution in [2.24, 2.45) is 0 Å². The van der Waals surface area contributed by atoms with Crippen LogP contribution in [-0.2, 0) is 5.41 Å². The van der Waals surface area contributed by atoms with Crippen LogP contribution in [0, 0.1) is 0 Å². The molecule has 5 aromatic rings. The summed E-state index contributed by atoms with van der Waals surface area (Å²) in [5.74, 6) is 2.08. The molecule has 1 aliphatic carbocycles. The zero-order chi connectivity index (χ0) is 32.5. The fourth-order valence-electron chi connectivity index (χ4n) is 6.53. The smallest absolute Gasteiger partial charge is 0.164 e. The first-order valence-electron chi connectivity index (χ1n) is 16.8. The molecule has 1 aromatic heterocycles. The van der Waals surface area contributed by atoms with Crippen LogP contribution in [0.25, 0.3) is 47.1 Å². The lowest BCUT2D eigenvalue weighted by atomic mass is 9.65. The van der Waals surface area contributed by atoms with E-state index >= 15 is 0 Å². The molecule has 1 aliphatic rings. The van der Waals surface area contributed by atoms with Crippen molar-refractivity contribution in [3.05, 3.63) is 160 Å². The van der Waals surface area contributed by atoms with Gasteiger partial charge in [0.2, 0.25) is 0 Å². The number of nitrogens with zero attached hydrogens (tertiary/aromatic N) is 3. The maximum absolute atomic E-state index is 4.95. The van der Waals surface area contributed by atoms with Crippen LogP contribution in [0.1, 0.15) is 74.9 Å². The van der Waals surface area contributed by atoms with Crippen molar-refractivity contribution in [3.63, 3.8) is 0 Å². The molecule has 0 atom stereocenters. The molecule has 4 aromatic carbocycles. The Morgan fingerprint density at radius 3 is 1.98 bits per heavy atom. The SMILES string of the molecule is C=c1cccc/c1=C/C=C/c1ccc(C2(c3ccc(-c4nc(/C(C)=C/C=C\CC)nc(-c5ccccc5)n4)cc3)CCCCC2)cc1. The summed E-state index contributed by atoms with van der Waals surface area (Å²) in [7, 11) is 0. The zero-order valence-corrected chi connectivity index (χ0v) is 27.6. The number of hydrogen-bond donors (Lipinski definition) is 0. The summed E-state index contributed by atoms with van der Waals surface area (Å²) in [6, 6.07) is 36.5. The van der Waals surface area contributed by atoms with Gasteiger partial charge in [-0.05, 0) is 58.9 Å². The van der Waals surface area contributed by atoms with Crippen LogP contribution < -0.4 is 10.4 Å². The highest BCUT2D eigenvalue weighted by atomic mass is 15.0. The van der Waals surface area contributed by atoms with Crippen LogP contribution in [0.4, 0.5) is 0 Å². The molecule has 0 saturated heterocycles. The number of aromatic nitrogens is 3. The highest BCUT2D eigenvalue weighted by molar-refractivity contribution is 5.67. The summed E-state index contributed by atoms with van der Waals surface area (Å²) in [5.41, 5.74) is 6.95. The fourth-order valence-corrected chi connectivity index (χ4v) is 6.53. The van der Waals surface area contributed by atoms with Gasteiger partial charge in [0.15, 0.2) is 17.5 Å². The van der Waals surface area contributed by atoms with Gasteiger partial charge in [-0.2, -0.15) is 0 Å². The van der Waals surface area contributed by atoms with E-state index in [2.05, 4.69) is 124 Å². The maximum atomic E-state index is 4.95. The third-order valence-corrected chi connectivity index (χ3v) is 9.22. The van der Waals surface area contributed by atoms with E-state index in [0.717, 1.165) is 46.4 Å². The highest BCUT2D eigenvalue weighted by Gasteiger charge is 2.35. The third-order valence-electron chi connectivity index (χ3n) is 9.22. The quantitative estimate of drug-likeness (QED) is 0.155. The lowest BCUT2D eigenvalue weighted by molar-refractivity contribution is 0.346. The Hall–Kier alpha value is -5.15. The van der Waals surface area contributed by atoms with Crippen molar-refractivity contribution < 1.29 is 0 Å². The molecule has 0 spiro atoms. The van der Waals surface area contributed by atoms with Gasteiger partial charge in [-0.3, -0.25) is 0 Å². The molecule has 1 saturated carbocycles. The van der Waals surface area contributed by atoms with Gasteiger partial charge in [-0.25, -0.2) is 15.0 Å². The average Bonchev–Trinajstić information content (AvgIpc) is 3.13. The second-order valence-electron chi connectivity index (χ2n) is 12.4. The summed E-state index contributed by atoms with van der Waals surface area (Å²) < 4.78 is 0. The number of allylic oxidation sites excluding steroid dienone is 5. The van der Waals surface area contributed by atoms with E-state index in [-0.39, 0.29) is 5.41 Å². The molecule has 6 rings (SSSR count). The van der Waals surface area contributed by atoms with Crippen LogP contribution >= 0.6 is 0 Å². The summed E-state index contributed by atoms with van der Waals surface area (Å²) >= 11 is 0. The minimum Gasteiger partial charge on any atom is -0.209 e. The van der Waals surface area contributed by atoms with Crippen LogP contribution in [0.3, 0.4) is 0 Å². The van der Waals surface area contributed by atoms with Gasteiger partial charge in [0.1, 0.15) is 0 Å². The van der Waals surface area contributed by atoms with E-state index in [4.69, 9.17) is 15.0 Å². The van der Waals surface area contributed by atoms with Crippen LogP contribution in [0.2, 0.25) is 0 Å². The topological polar surface area (TPSA) is 38.7 Å². The Bertz CT molecular complexity index is 1990. The van der Waals surface area contributed by atoms with Crippen LogP contribution in [0.15, 0.2) is 127 Å². The molecule has 1 fully saturated rings. The highest BCUT2D eigenvalue weighted by Crippen LogP contribution is 2.45. The number of rotatable bonds is 9. The Balaban J connectivity index is 1.32. The van der Waals surface area contributed by atoms with Crippen LogP contribution in [-0.4, -0.2) is 15.0 Å². The van der Waals surface area contributed by atoms with Crippen molar-refractivity contribution >= 4 is 24.3 Å². The van der Waals surface area contributed by atoms with Crippen molar-refractivity contribution in [2.75, 3.05) is 0 Å². The van der Waals surface area contributed by atoms with Gasteiger partial charge in [0.25, 0.3) is 0 Å². The number of benzene rings is 4. The predicted molar refractivity (Wildman–Crippen MR) is 199 cm³/mol. The molecule has 1 heterocycles. The first-order chi connectivity index (χ1) is 23.1. The lowest BCUT2D eigenvalue weighted by Gasteiger charge is -2.39. The molecule has 0 amide bonds. The van der Waals surface area contributed by atoms with Gasteiger partial charge in [0, 0.05) is 16.5 Å². The van der Waals surface area contributed by atoms with Gasteiger partial charge < -0.3 is 0 Å². The van der Waals surface area contributed by atoms with Crippen molar-refractivity contribution in [1.82, 2.24) is 15.0 Å². The zero-order valence-electron chi connectivity index (χ0n) is 27.6. The molecule has 234 valence electrons. The van der Waals surface area contributed by atoms with E-state index in [1.807, 2.05) is 36.4 Å². The first kappa shape index (κ1) is 31.8. The molecule has 0 unspecified atom stereocenters. The van der Waals surface area contributed by atoms with Gasteiger partial charge >= 0.3 is 0 Å². The van der Waals surface area contributed by atoms with Gasteiger partial charge in [-0.15, -0.1) is 0 Å².